The van der Waals surface area contributed by atoms with Gasteiger partial charge >= 0.3 is 0 Å². The number of piperidine rings is 1. The van der Waals surface area contributed by atoms with E-state index in [4.69, 9.17) is 11.6 Å². The minimum Gasteiger partial charge on any atom is -0.381 e. The smallest absolute Gasteiger partial charge is 0.128 e. The van der Waals surface area contributed by atoms with E-state index in [2.05, 4.69) is 15.2 Å². The summed E-state index contributed by atoms with van der Waals surface area (Å²) in [5.74, 6) is 0.714. The standard InChI is InChI=1S/C16H17ClFN3/c17-14-11-12(18)4-5-15(14)20-13-6-9-21(10-7-13)16-3-1-2-8-19-16/h1-5,8,11,13,20H,6-7,9-10H2. The highest BCUT2D eigenvalue weighted by atomic mass is 35.5. The fourth-order valence-corrected chi connectivity index (χ4v) is 2.84. The topological polar surface area (TPSA) is 28.2 Å². The van der Waals surface area contributed by atoms with Crippen LogP contribution in [0.3, 0.4) is 0 Å². The first kappa shape index (κ1) is 14.1. The molecular formula is C16H17ClFN3. The average Bonchev–Trinajstić information content (AvgIpc) is 2.52. The van der Waals surface area contributed by atoms with E-state index in [1.54, 1.807) is 6.07 Å². The van der Waals surface area contributed by atoms with Crippen molar-refractivity contribution in [2.24, 2.45) is 0 Å². The van der Waals surface area contributed by atoms with Gasteiger partial charge < -0.3 is 10.2 Å². The molecule has 0 atom stereocenters. The van der Waals surface area contributed by atoms with E-state index >= 15 is 0 Å². The summed E-state index contributed by atoms with van der Waals surface area (Å²) in [7, 11) is 0. The van der Waals surface area contributed by atoms with Gasteiger partial charge in [0.1, 0.15) is 11.6 Å². The lowest BCUT2D eigenvalue weighted by Crippen LogP contribution is -2.39. The van der Waals surface area contributed by atoms with E-state index in [0.717, 1.165) is 37.4 Å². The molecule has 5 heteroatoms. The maximum atomic E-state index is 13.0. The van der Waals surface area contributed by atoms with Gasteiger partial charge in [-0.2, -0.15) is 0 Å². The first-order valence-corrected chi connectivity index (χ1v) is 7.48. The van der Waals surface area contributed by atoms with Gasteiger partial charge in [-0.1, -0.05) is 17.7 Å². The summed E-state index contributed by atoms with van der Waals surface area (Å²) in [4.78, 5) is 6.66. The summed E-state index contributed by atoms with van der Waals surface area (Å²) < 4.78 is 13.0. The molecule has 2 aromatic rings. The van der Waals surface area contributed by atoms with Gasteiger partial charge in [0.15, 0.2) is 0 Å². The Balaban J connectivity index is 1.59. The molecule has 1 N–H and O–H groups in total. The number of hydrogen-bond acceptors (Lipinski definition) is 3. The van der Waals surface area contributed by atoms with E-state index in [-0.39, 0.29) is 5.82 Å². The summed E-state index contributed by atoms with van der Waals surface area (Å²) in [5.41, 5.74) is 0.800. The Labute approximate surface area is 128 Å². The van der Waals surface area contributed by atoms with Crippen LogP contribution in [0.1, 0.15) is 12.8 Å². The minimum atomic E-state index is -0.310. The quantitative estimate of drug-likeness (QED) is 0.930. The maximum Gasteiger partial charge on any atom is 0.128 e. The Hall–Kier alpha value is -1.81. The van der Waals surface area contributed by atoms with Crippen molar-refractivity contribution in [3.8, 4) is 0 Å². The molecule has 0 aliphatic carbocycles. The molecule has 1 saturated heterocycles. The maximum absolute atomic E-state index is 13.0. The first-order chi connectivity index (χ1) is 10.2. The van der Waals surface area contributed by atoms with Crippen LogP contribution >= 0.6 is 11.6 Å². The van der Waals surface area contributed by atoms with Crippen LogP contribution in [0.15, 0.2) is 42.6 Å². The second kappa shape index (κ2) is 6.31. The van der Waals surface area contributed by atoms with Crippen molar-refractivity contribution in [2.75, 3.05) is 23.3 Å². The minimum absolute atomic E-state index is 0.310. The average molecular weight is 306 g/mol. The molecular weight excluding hydrogens is 289 g/mol. The summed E-state index contributed by atoms with van der Waals surface area (Å²) in [5, 5.41) is 3.84. The summed E-state index contributed by atoms with van der Waals surface area (Å²) in [6.07, 6.45) is 3.83. The van der Waals surface area contributed by atoms with Crippen LogP contribution in [0.4, 0.5) is 15.9 Å². The van der Waals surface area contributed by atoms with Gasteiger partial charge in [0.25, 0.3) is 0 Å². The molecule has 1 fully saturated rings. The molecule has 0 radical (unpaired) electrons. The monoisotopic (exact) mass is 305 g/mol. The Kier molecular flexibility index (Phi) is 4.25. The molecule has 3 nitrogen and oxygen atoms in total. The molecule has 2 heterocycles. The summed E-state index contributed by atoms with van der Waals surface area (Å²) >= 11 is 6.05. The van der Waals surface area contributed by atoms with Gasteiger partial charge in [-0.05, 0) is 43.2 Å². The van der Waals surface area contributed by atoms with Crippen LogP contribution in [0.25, 0.3) is 0 Å². The molecule has 3 rings (SSSR count). The third-order valence-corrected chi connectivity index (χ3v) is 4.07. The van der Waals surface area contributed by atoms with Gasteiger partial charge in [0, 0.05) is 25.3 Å². The lowest BCUT2D eigenvalue weighted by Gasteiger charge is -2.33. The first-order valence-electron chi connectivity index (χ1n) is 7.10. The van der Waals surface area contributed by atoms with E-state index in [0.29, 0.717) is 11.1 Å². The highest BCUT2D eigenvalue weighted by Gasteiger charge is 2.20. The fraction of sp³-hybridized carbons (Fsp3) is 0.312. The third kappa shape index (κ3) is 3.45. The molecule has 1 aliphatic heterocycles. The lowest BCUT2D eigenvalue weighted by molar-refractivity contribution is 0.523. The molecule has 1 aromatic heterocycles. The van der Waals surface area contributed by atoms with Crippen molar-refractivity contribution in [3.05, 3.63) is 53.4 Å². The van der Waals surface area contributed by atoms with E-state index < -0.39 is 0 Å². The molecule has 0 unspecified atom stereocenters. The zero-order valence-electron chi connectivity index (χ0n) is 11.6. The molecule has 0 amide bonds. The third-order valence-electron chi connectivity index (χ3n) is 3.76. The van der Waals surface area contributed by atoms with Crippen molar-refractivity contribution in [1.82, 2.24) is 4.98 Å². The van der Waals surface area contributed by atoms with Gasteiger partial charge in [0.05, 0.1) is 10.7 Å². The van der Waals surface area contributed by atoms with Crippen molar-refractivity contribution in [2.45, 2.75) is 18.9 Å². The molecule has 0 spiro atoms. The Morgan fingerprint density at radius 3 is 2.67 bits per heavy atom. The number of pyridine rings is 1. The summed E-state index contributed by atoms with van der Waals surface area (Å²) in [6.45, 7) is 1.90. The van der Waals surface area contributed by atoms with Crippen molar-refractivity contribution in [3.63, 3.8) is 0 Å². The zero-order valence-corrected chi connectivity index (χ0v) is 12.4. The largest absolute Gasteiger partial charge is 0.381 e. The predicted molar refractivity (Wildman–Crippen MR) is 84.5 cm³/mol. The lowest BCUT2D eigenvalue weighted by atomic mass is 10.0. The van der Waals surface area contributed by atoms with E-state index in [1.165, 1.54) is 12.1 Å². The van der Waals surface area contributed by atoms with Crippen LogP contribution in [0.5, 0.6) is 0 Å². The molecule has 0 saturated carbocycles. The molecule has 21 heavy (non-hydrogen) atoms. The van der Waals surface area contributed by atoms with Crippen LogP contribution in [-0.2, 0) is 0 Å². The number of nitrogens with zero attached hydrogens (tertiary/aromatic N) is 2. The number of nitrogens with one attached hydrogen (secondary N) is 1. The Morgan fingerprint density at radius 2 is 2.00 bits per heavy atom. The fourth-order valence-electron chi connectivity index (χ4n) is 2.62. The van der Waals surface area contributed by atoms with Crippen LogP contribution in [0, 0.1) is 5.82 Å². The molecule has 0 bridgehead atoms. The van der Waals surface area contributed by atoms with Gasteiger partial charge in [-0.25, -0.2) is 9.37 Å². The van der Waals surface area contributed by atoms with Crippen molar-refractivity contribution in [1.29, 1.82) is 0 Å². The van der Waals surface area contributed by atoms with Crippen molar-refractivity contribution >= 4 is 23.1 Å². The van der Waals surface area contributed by atoms with Gasteiger partial charge in [-0.3, -0.25) is 0 Å². The number of anilines is 2. The SMILES string of the molecule is Fc1ccc(NC2CCN(c3ccccn3)CC2)c(Cl)c1. The Bertz CT molecular complexity index is 598. The summed E-state index contributed by atoms with van der Waals surface area (Å²) in [6, 6.07) is 10.8. The van der Waals surface area contributed by atoms with Gasteiger partial charge in [-0.15, -0.1) is 0 Å². The number of aromatic nitrogens is 1. The highest BCUT2D eigenvalue weighted by molar-refractivity contribution is 6.33. The van der Waals surface area contributed by atoms with Crippen LogP contribution < -0.4 is 10.2 Å². The zero-order chi connectivity index (χ0) is 14.7. The number of rotatable bonds is 3. The van der Waals surface area contributed by atoms with E-state index in [1.807, 2.05) is 24.4 Å². The normalized spacial score (nSPS) is 16.0. The molecule has 1 aromatic carbocycles. The Morgan fingerprint density at radius 1 is 1.19 bits per heavy atom. The van der Waals surface area contributed by atoms with Gasteiger partial charge in [0.2, 0.25) is 0 Å². The van der Waals surface area contributed by atoms with E-state index in [9.17, 15) is 4.39 Å². The predicted octanol–water partition coefficient (Wildman–Crippen LogP) is 3.96. The number of hydrogen-bond donors (Lipinski definition) is 1. The molecule has 110 valence electrons. The van der Waals surface area contributed by atoms with Crippen LogP contribution in [0.2, 0.25) is 5.02 Å². The number of halogens is 2. The number of benzene rings is 1. The second-order valence-electron chi connectivity index (χ2n) is 5.22. The van der Waals surface area contributed by atoms with Crippen LogP contribution in [-0.4, -0.2) is 24.1 Å². The second-order valence-corrected chi connectivity index (χ2v) is 5.62. The molecule has 1 aliphatic rings. The highest BCUT2D eigenvalue weighted by Crippen LogP contribution is 2.26. The van der Waals surface area contributed by atoms with Crippen molar-refractivity contribution < 1.29 is 4.39 Å².